The fraction of sp³-hybridized carbons (Fsp3) is 0.862. The number of likely N-dealkylation sites (N-methyl/N-ethyl adjacent to an activating group) is 1. The van der Waals surface area contributed by atoms with Crippen molar-refractivity contribution in [2.24, 2.45) is 0 Å². The number of allylic oxidation sites excluding steroid dienone is 2. The molecule has 2 N–H and O–H groups in total. The zero-order valence-corrected chi connectivity index (χ0v) is 23.7. The Bertz CT molecular complexity index is 573. The second kappa shape index (κ2) is 22.7. The number of carboxylic acids is 1. The Morgan fingerprint density at radius 3 is 1.86 bits per heavy atom. The Kier molecular flexibility index (Phi) is 21.8. The maximum absolute atomic E-state index is 11.8. The maximum Gasteiger partial charge on any atom is 0.362 e. The van der Waals surface area contributed by atoms with Gasteiger partial charge in [-0.05, 0) is 32.1 Å². The normalized spacial score (nSPS) is 13.7. The van der Waals surface area contributed by atoms with Gasteiger partial charge in [-0.15, -0.1) is 0 Å². The summed E-state index contributed by atoms with van der Waals surface area (Å²) in [5.41, 5.74) is 0. The Morgan fingerprint density at radius 2 is 1.33 bits per heavy atom. The molecular formula is C29H56NO6+. The molecule has 0 saturated heterocycles. The average Bonchev–Trinajstić information content (AvgIpc) is 2.81. The van der Waals surface area contributed by atoms with Gasteiger partial charge in [-0.25, -0.2) is 4.79 Å². The van der Waals surface area contributed by atoms with Crippen LogP contribution in [0.4, 0.5) is 0 Å². The molecule has 0 rings (SSSR count). The standard InChI is InChI=1S/C29H55NO6/c1-5-6-7-8-9-10-11-12-13-14-15-16-17-18-19-20-21-28(32)36-25-26(31)24-35-23-22-27(29(33)34)30(2,3)4/h13-14,26-27,31H,5-12,15-25H2,1-4H3/p+1/b14-13+. The van der Waals surface area contributed by atoms with Gasteiger partial charge < -0.3 is 24.2 Å². The highest BCUT2D eigenvalue weighted by Crippen LogP contribution is 2.11. The number of unbranched alkanes of at least 4 members (excludes halogenated alkanes) is 12. The third-order valence-electron chi connectivity index (χ3n) is 6.40. The van der Waals surface area contributed by atoms with Crippen molar-refractivity contribution in [3.63, 3.8) is 0 Å². The summed E-state index contributed by atoms with van der Waals surface area (Å²) in [6.45, 7) is 2.41. The van der Waals surface area contributed by atoms with Crippen molar-refractivity contribution in [2.45, 2.75) is 122 Å². The van der Waals surface area contributed by atoms with E-state index in [1.807, 2.05) is 21.1 Å². The molecule has 0 fully saturated rings. The SMILES string of the molecule is CCCCCCCCC/C=C/CCCCCCCC(=O)OCC(O)COCCC(C(=O)O)[N+](C)(C)C. The van der Waals surface area contributed by atoms with Crippen molar-refractivity contribution in [1.29, 1.82) is 0 Å². The lowest BCUT2D eigenvalue weighted by atomic mass is 10.1. The highest BCUT2D eigenvalue weighted by Gasteiger charge is 2.30. The molecule has 36 heavy (non-hydrogen) atoms. The van der Waals surface area contributed by atoms with E-state index in [4.69, 9.17) is 9.47 Å². The first-order chi connectivity index (χ1) is 17.2. The molecule has 2 atom stereocenters. The van der Waals surface area contributed by atoms with Crippen molar-refractivity contribution in [2.75, 3.05) is 41.0 Å². The summed E-state index contributed by atoms with van der Waals surface area (Å²) in [5, 5.41) is 19.2. The molecule has 0 heterocycles. The number of esters is 1. The van der Waals surface area contributed by atoms with E-state index in [1.54, 1.807) is 0 Å². The van der Waals surface area contributed by atoms with Crippen LogP contribution in [0, 0.1) is 0 Å². The summed E-state index contributed by atoms with van der Waals surface area (Å²) in [6.07, 6.45) is 21.7. The van der Waals surface area contributed by atoms with Gasteiger partial charge in [0.25, 0.3) is 0 Å². The van der Waals surface area contributed by atoms with E-state index in [-0.39, 0.29) is 25.8 Å². The Morgan fingerprint density at radius 1 is 0.806 bits per heavy atom. The van der Waals surface area contributed by atoms with E-state index >= 15 is 0 Å². The Labute approximate surface area is 220 Å². The minimum absolute atomic E-state index is 0.0181. The summed E-state index contributed by atoms with van der Waals surface area (Å²) in [4.78, 5) is 23.2. The third kappa shape index (κ3) is 21.8. The Balaban J connectivity index is 3.55. The van der Waals surface area contributed by atoms with Crippen LogP contribution in [-0.2, 0) is 19.1 Å². The number of carbonyl (C=O) groups is 2. The minimum atomic E-state index is -0.903. The second-order valence-electron chi connectivity index (χ2n) is 10.9. The van der Waals surface area contributed by atoms with Gasteiger partial charge in [0, 0.05) is 12.8 Å². The lowest BCUT2D eigenvalue weighted by Gasteiger charge is -2.31. The van der Waals surface area contributed by atoms with Gasteiger partial charge in [0.2, 0.25) is 0 Å². The third-order valence-corrected chi connectivity index (χ3v) is 6.40. The van der Waals surface area contributed by atoms with E-state index in [0.717, 1.165) is 25.7 Å². The quantitative estimate of drug-likeness (QED) is 0.0683. The number of hydrogen-bond donors (Lipinski definition) is 2. The molecule has 7 heteroatoms. The lowest BCUT2D eigenvalue weighted by Crippen LogP contribution is -2.50. The smallest absolute Gasteiger partial charge is 0.362 e. The number of nitrogens with zero attached hydrogens (tertiary/aromatic N) is 1. The number of aliphatic hydroxyl groups excluding tert-OH is 1. The highest BCUT2D eigenvalue weighted by molar-refractivity contribution is 5.72. The molecule has 0 spiro atoms. The summed E-state index contributed by atoms with van der Waals surface area (Å²) < 4.78 is 10.8. The largest absolute Gasteiger partial charge is 0.477 e. The number of ether oxygens (including phenoxy) is 2. The van der Waals surface area contributed by atoms with E-state index in [0.29, 0.717) is 17.3 Å². The van der Waals surface area contributed by atoms with Crippen molar-refractivity contribution in [1.82, 2.24) is 0 Å². The number of aliphatic hydroxyl groups is 1. The monoisotopic (exact) mass is 514 g/mol. The predicted molar refractivity (Wildman–Crippen MR) is 146 cm³/mol. The van der Waals surface area contributed by atoms with Gasteiger partial charge in [-0.3, -0.25) is 4.79 Å². The van der Waals surface area contributed by atoms with Crippen LogP contribution in [0.2, 0.25) is 0 Å². The molecule has 0 aromatic rings. The Hall–Kier alpha value is -1.44. The molecule has 0 aliphatic rings. The average molecular weight is 515 g/mol. The van der Waals surface area contributed by atoms with Gasteiger partial charge in [0.15, 0.2) is 6.04 Å². The number of quaternary nitrogens is 1. The summed E-state index contributed by atoms with van der Waals surface area (Å²) in [7, 11) is 5.47. The second-order valence-corrected chi connectivity index (χ2v) is 10.9. The molecule has 0 amide bonds. The van der Waals surface area contributed by atoms with Crippen molar-refractivity contribution in [3.8, 4) is 0 Å². The van der Waals surface area contributed by atoms with E-state index in [2.05, 4.69) is 19.1 Å². The topological polar surface area (TPSA) is 93.1 Å². The van der Waals surface area contributed by atoms with Crippen LogP contribution in [0.25, 0.3) is 0 Å². The lowest BCUT2D eigenvalue weighted by molar-refractivity contribution is -0.887. The first-order valence-electron chi connectivity index (χ1n) is 14.3. The molecule has 2 unspecified atom stereocenters. The molecule has 0 aromatic heterocycles. The number of aliphatic carboxylic acids is 1. The van der Waals surface area contributed by atoms with Crippen molar-refractivity contribution >= 4 is 11.9 Å². The van der Waals surface area contributed by atoms with Crippen LogP contribution in [0.5, 0.6) is 0 Å². The van der Waals surface area contributed by atoms with Crippen LogP contribution in [-0.4, -0.2) is 79.7 Å². The van der Waals surface area contributed by atoms with Crippen molar-refractivity contribution < 1.29 is 33.8 Å². The molecule has 0 saturated carbocycles. The van der Waals surface area contributed by atoms with Crippen molar-refractivity contribution in [3.05, 3.63) is 12.2 Å². The van der Waals surface area contributed by atoms with Gasteiger partial charge in [-0.2, -0.15) is 0 Å². The molecule has 0 aliphatic carbocycles. The molecule has 0 radical (unpaired) electrons. The minimum Gasteiger partial charge on any atom is -0.477 e. The van der Waals surface area contributed by atoms with E-state index < -0.39 is 18.1 Å². The summed E-state index contributed by atoms with van der Waals surface area (Å²) in [5.74, 6) is -1.16. The van der Waals surface area contributed by atoms with Gasteiger partial charge >= 0.3 is 11.9 Å². The van der Waals surface area contributed by atoms with Crippen LogP contribution in [0.3, 0.4) is 0 Å². The summed E-state index contributed by atoms with van der Waals surface area (Å²) >= 11 is 0. The van der Waals surface area contributed by atoms with E-state index in [9.17, 15) is 19.8 Å². The van der Waals surface area contributed by atoms with Gasteiger partial charge in [0.1, 0.15) is 12.7 Å². The number of carbonyl (C=O) groups excluding carboxylic acids is 1. The zero-order chi connectivity index (χ0) is 27.1. The molecule has 0 aliphatic heterocycles. The number of hydrogen-bond acceptors (Lipinski definition) is 5. The fourth-order valence-corrected chi connectivity index (χ4v) is 4.08. The maximum atomic E-state index is 11.8. The number of rotatable bonds is 25. The molecular weight excluding hydrogens is 458 g/mol. The molecule has 7 nitrogen and oxygen atoms in total. The molecule has 0 bridgehead atoms. The van der Waals surface area contributed by atoms with Gasteiger partial charge in [-0.1, -0.05) is 76.9 Å². The molecule has 0 aromatic carbocycles. The summed E-state index contributed by atoms with van der Waals surface area (Å²) in [6, 6.07) is -0.573. The number of carboxylic acid groups (broad SMARTS) is 1. The van der Waals surface area contributed by atoms with Crippen LogP contribution < -0.4 is 0 Å². The first-order valence-corrected chi connectivity index (χ1v) is 14.3. The van der Waals surface area contributed by atoms with Crippen LogP contribution in [0.1, 0.15) is 110 Å². The van der Waals surface area contributed by atoms with Crippen LogP contribution in [0.15, 0.2) is 12.2 Å². The van der Waals surface area contributed by atoms with Gasteiger partial charge in [0.05, 0.1) is 34.4 Å². The zero-order valence-electron chi connectivity index (χ0n) is 23.7. The predicted octanol–water partition coefficient (Wildman–Crippen LogP) is 5.88. The fourth-order valence-electron chi connectivity index (χ4n) is 4.08. The highest BCUT2D eigenvalue weighted by atomic mass is 16.5. The van der Waals surface area contributed by atoms with Crippen LogP contribution >= 0.6 is 0 Å². The molecule has 212 valence electrons. The first kappa shape index (κ1) is 34.6. The van der Waals surface area contributed by atoms with E-state index in [1.165, 1.54) is 64.2 Å².